The molecule has 0 aliphatic carbocycles. The molecule has 0 radical (unpaired) electrons. The van der Waals surface area contributed by atoms with Gasteiger partial charge in [0.25, 0.3) is 0 Å². The van der Waals surface area contributed by atoms with Gasteiger partial charge in [0.1, 0.15) is 44.6 Å². The van der Waals surface area contributed by atoms with Gasteiger partial charge in [0.05, 0.1) is 6.42 Å². The molecule has 10 nitrogen and oxygen atoms in total. The maximum Gasteiger partial charge on any atom is 0.243 e. The topological polar surface area (TPSA) is 169 Å². The fourth-order valence-electron chi connectivity index (χ4n) is 5.71. The summed E-state index contributed by atoms with van der Waals surface area (Å²) in [5.74, 6) is 0.594. The first-order chi connectivity index (χ1) is 24.0. The Morgan fingerprint density at radius 2 is 1.17 bits per heavy atom. The van der Waals surface area contributed by atoms with Crippen molar-refractivity contribution in [2.45, 2.75) is 78.2 Å². The molecule has 0 spiro atoms. The average Bonchev–Trinajstić information content (AvgIpc) is 3.09. The first kappa shape index (κ1) is 43.0. The van der Waals surface area contributed by atoms with Crippen molar-refractivity contribution in [1.29, 1.82) is 0 Å². The van der Waals surface area contributed by atoms with Crippen LogP contribution in [0.5, 0.6) is 11.5 Å². The molecule has 4 rings (SSSR count). The van der Waals surface area contributed by atoms with Crippen LogP contribution in [0.15, 0.2) is 109 Å². The van der Waals surface area contributed by atoms with Crippen molar-refractivity contribution < 1.29 is 34.8 Å². The zero-order valence-electron chi connectivity index (χ0n) is 30.9. The van der Waals surface area contributed by atoms with E-state index in [4.69, 9.17) is 9.47 Å². The van der Waals surface area contributed by atoms with E-state index in [2.05, 4.69) is 29.8 Å². The number of hydrogen-bond donors (Lipinski definition) is 3. The van der Waals surface area contributed by atoms with Crippen molar-refractivity contribution in [3.05, 3.63) is 131 Å². The van der Waals surface area contributed by atoms with E-state index < -0.39 is 18.0 Å². The lowest BCUT2D eigenvalue weighted by Gasteiger charge is -2.27. The quantitative estimate of drug-likeness (QED) is 0.134. The number of carbonyl (C=O) groups is 3. The molecule has 0 fully saturated rings. The third kappa shape index (κ3) is 14.6. The Bertz CT molecular complexity index is 1650. The number of ether oxygens (including phenoxy) is 2. The largest absolute Gasteiger partial charge is 0.489 e. The van der Waals surface area contributed by atoms with E-state index in [-0.39, 0.29) is 47.5 Å². The van der Waals surface area contributed by atoms with Gasteiger partial charge in [-0.2, -0.15) is 0 Å². The molecule has 0 saturated carbocycles. The van der Waals surface area contributed by atoms with E-state index in [1.807, 2.05) is 131 Å². The Kier molecular flexibility index (Phi) is 18.2. The van der Waals surface area contributed by atoms with Crippen LogP contribution in [0.1, 0.15) is 56.4 Å². The molecule has 278 valence electrons. The van der Waals surface area contributed by atoms with Crippen LogP contribution in [0.3, 0.4) is 0 Å². The monoisotopic (exact) mass is 711 g/mol. The summed E-state index contributed by atoms with van der Waals surface area (Å²) < 4.78 is 11.9. The molecule has 11 heteroatoms. The highest BCUT2D eigenvalue weighted by Gasteiger charge is 2.29. The molecule has 3 amide bonds. The lowest BCUT2D eigenvalue weighted by Crippen LogP contribution is -2.57. The molecule has 0 saturated heterocycles. The molecule has 52 heavy (non-hydrogen) atoms. The van der Waals surface area contributed by atoms with Crippen molar-refractivity contribution in [1.82, 2.24) is 16.0 Å². The molecular formula is C41H54BN3O7. The molecule has 0 aliphatic rings. The number of benzene rings is 4. The highest BCUT2D eigenvalue weighted by molar-refractivity contribution is 6.13. The number of rotatable bonds is 18. The normalized spacial score (nSPS) is 12.3. The SMILES string of the molecule is B[C@H](CC(C)C)NC(=O)[C@@H](NC(=O)[C@H](Cc1ccc(OCc2ccccc2)cc1)NC(=O)Cc1cccc(OCc2ccccc2)c1)C(C)C.O.O. The molecule has 0 aliphatic heterocycles. The predicted octanol–water partition coefficient (Wildman–Crippen LogP) is 3.73. The van der Waals surface area contributed by atoms with Gasteiger partial charge in [0, 0.05) is 6.42 Å². The minimum Gasteiger partial charge on any atom is -0.489 e. The highest BCUT2D eigenvalue weighted by Crippen LogP contribution is 2.18. The van der Waals surface area contributed by atoms with Gasteiger partial charge >= 0.3 is 0 Å². The minimum absolute atomic E-state index is 0. The first-order valence-corrected chi connectivity index (χ1v) is 17.5. The molecule has 7 N–H and O–H groups in total. The summed E-state index contributed by atoms with van der Waals surface area (Å²) in [5, 5.41) is 8.94. The van der Waals surface area contributed by atoms with Crippen molar-refractivity contribution in [3.63, 3.8) is 0 Å². The van der Waals surface area contributed by atoms with Gasteiger partial charge in [-0.05, 0) is 70.7 Å². The standard InChI is InChI=1S/C41H50BN3O5.2H2O/c1-28(2)22-37(42)44-41(48)39(29(3)4)45-40(47)36(24-30-18-20-34(21-19-30)49-26-31-12-7-5-8-13-31)43-38(46)25-33-16-11-17-35(23-33)50-27-32-14-9-6-10-15-32;;/h5-21,23,28-29,36-37,39H,22,24-27,42H2,1-4H3,(H,43,46)(H,44,48)(H,45,47);2*1H2/t36-,37-,39-;;/m0../s1. The summed E-state index contributed by atoms with van der Waals surface area (Å²) in [4.78, 5) is 40.6. The summed E-state index contributed by atoms with van der Waals surface area (Å²) in [5.41, 5.74) is 3.70. The third-order valence-electron chi connectivity index (χ3n) is 8.24. The second kappa shape index (κ2) is 21.9. The molecule has 0 bridgehead atoms. The fourth-order valence-corrected chi connectivity index (χ4v) is 5.71. The second-order valence-electron chi connectivity index (χ2n) is 13.6. The van der Waals surface area contributed by atoms with Crippen LogP contribution in [0.25, 0.3) is 0 Å². The number of amides is 3. The van der Waals surface area contributed by atoms with Gasteiger partial charge in [-0.25, -0.2) is 0 Å². The van der Waals surface area contributed by atoms with Crippen LogP contribution in [0, 0.1) is 11.8 Å². The number of carbonyl (C=O) groups excluding carboxylic acids is 3. The van der Waals surface area contributed by atoms with Crippen molar-refractivity contribution in [2.24, 2.45) is 11.8 Å². The lowest BCUT2D eigenvalue weighted by atomic mass is 9.87. The van der Waals surface area contributed by atoms with Crippen molar-refractivity contribution in [2.75, 3.05) is 0 Å². The van der Waals surface area contributed by atoms with E-state index in [9.17, 15) is 14.4 Å². The van der Waals surface area contributed by atoms with E-state index in [1.165, 1.54) is 0 Å². The van der Waals surface area contributed by atoms with Crippen LogP contribution in [-0.2, 0) is 40.4 Å². The second-order valence-corrected chi connectivity index (χ2v) is 13.6. The average molecular weight is 712 g/mol. The van der Waals surface area contributed by atoms with E-state index in [0.29, 0.717) is 30.6 Å². The van der Waals surface area contributed by atoms with E-state index in [1.54, 1.807) is 0 Å². The Morgan fingerprint density at radius 3 is 1.73 bits per heavy atom. The van der Waals surface area contributed by atoms with Gasteiger partial charge in [-0.15, -0.1) is 0 Å². The Hall–Kier alpha value is -5.13. The Morgan fingerprint density at radius 1 is 0.615 bits per heavy atom. The van der Waals surface area contributed by atoms with Crippen molar-refractivity contribution in [3.8, 4) is 11.5 Å². The van der Waals surface area contributed by atoms with Crippen LogP contribution in [-0.4, -0.2) is 54.5 Å². The van der Waals surface area contributed by atoms with E-state index in [0.717, 1.165) is 28.7 Å². The van der Waals surface area contributed by atoms with Gasteiger partial charge in [0.15, 0.2) is 0 Å². The van der Waals surface area contributed by atoms with Gasteiger partial charge in [-0.1, -0.05) is 113 Å². The number of nitrogens with one attached hydrogen (secondary N) is 3. The van der Waals surface area contributed by atoms with E-state index >= 15 is 0 Å². The highest BCUT2D eigenvalue weighted by atomic mass is 16.5. The molecule has 4 aromatic carbocycles. The maximum atomic E-state index is 13.9. The smallest absolute Gasteiger partial charge is 0.243 e. The summed E-state index contributed by atoms with van der Waals surface area (Å²) in [7, 11) is 1.97. The van der Waals surface area contributed by atoms with Gasteiger partial charge < -0.3 is 36.4 Å². The first-order valence-electron chi connectivity index (χ1n) is 17.5. The van der Waals surface area contributed by atoms with Gasteiger partial charge in [-0.3, -0.25) is 14.4 Å². The van der Waals surface area contributed by atoms with Crippen LogP contribution in [0.2, 0.25) is 0 Å². The summed E-state index contributed by atoms with van der Waals surface area (Å²) in [6.45, 7) is 8.85. The van der Waals surface area contributed by atoms with Crippen molar-refractivity contribution >= 4 is 25.6 Å². The molecule has 3 atom stereocenters. The Balaban J connectivity index is 0.00000468. The number of hydrogen-bond acceptors (Lipinski definition) is 5. The minimum atomic E-state index is -0.918. The maximum absolute atomic E-state index is 13.9. The summed E-state index contributed by atoms with van der Waals surface area (Å²) in [6.07, 6.45) is 1.11. The fraction of sp³-hybridized carbons (Fsp3) is 0.341. The predicted molar refractivity (Wildman–Crippen MR) is 208 cm³/mol. The molecule has 0 heterocycles. The molecule has 4 aromatic rings. The van der Waals surface area contributed by atoms with Crippen LogP contribution < -0.4 is 25.4 Å². The summed E-state index contributed by atoms with van der Waals surface area (Å²) in [6, 6.07) is 33.0. The molecular weight excluding hydrogens is 657 g/mol. The molecule has 0 unspecified atom stereocenters. The Labute approximate surface area is 308 Å². The zero-order chi connectivity index (χ0) is 35.9. The van der Waals surface area contributed by atoms with Gasteiger partial charge in [0.2, 0.25) is 17.7 Å². The lowest BCUT2D eigenvalue weighted by molar-refractivity contribution is -0.132. The third-order valence-corrected chi connectivity index (χ3v) is 8.24. The van der Waals surface area contributed by atoms with Crippen LogP contribution >= 0.6 is 0 Å². The molecule has 0 aromatic heterocycles. The summed E-state index contributed by atoms with van der Waals surface area (Å²) >= 11 is 0. The zero-order valence-corrected chi connectivity index (χ0v) is 30.9. The van der Waals surface area contributed by atoms with Crippen LogP contribution in [0.4, 0.5) is 0 Å².